The highest BCUT2D eigenvalue weighted by Gasteiger charge is 2.64. The van der Waals surface area contributed by atoms with Gasteiger partial charge in [-0.1, -0.05) is 72.7 Å². The summed E-state index contributed by atoms with van der Waals surface area (Å²) < 4.78 is 58.4. The Morgan fingerprint density at radius 2 is 1.60 bits per heavy atom. The predicted octanol–water partition coefficient (Wildman–Crippen LogP) is 8.00. The third kappa shape index (κ3) is 12.6. The number of alkyl halides is 3. The maximum absolute atomic E-state index is 14.0. The number of likely N-dealkylation sites (tertiary alicyclic amines) is 1. The van der Waals surface area contributed by atoms with E-state index in [0.717, 1.165) is 40.3 Å². The molecule has 376 valence electrons. The van der Waals surface area contributed by atoms with Gasteiger partial charge < -0.3 is 40.2 Å². The van der Waals surface area contributed by atoms with Gasteiger partial charge in [0.2, 0.25) is 17.7 Å². The molecule has 0 bridgehead atoms. The first-order valence-corrected chi connectivity index (χ1v) is 24.2. The number of carbonyl (C=O) groups excluding carboxylic acids is 4. The molecular formula is C52H63F3N6O8S. The number of hydrogen-bond donors (Lipinski definition) is 4. The van der Waals surface area contributed by atoms with Crippen molar-refractivity contribution in [2.24, 2.45) is 16.2 Å². The molecule has 1 saturated carbocycles. The van der Waals surface area contributed by atoms with Gasteiger partial charge in [-0.25, -0.2) is 4.98 Å². The number of rotatable bonds is 19. The number of carbonyl (C=O) groups is 4. The molecule has 0 radical (unpaired) electrons. The van der Waals surface area contributed by atoms with Crippen LogP contribution >= 0.6 is 11.3 Å². The molecule has 2 heterocycles. The number of nitrogens with zero attached hydrogens (tertiary/aromatic N) is 3. The molecule has 4 aromatic rings. The average molecular weight is 989 g/mol. The highest BCUT2D eigenvalue weighted by molar-refractivity contribution is 7.13. The number of hydrogen-bond acceptors (Lipinski definition) is 11. The molecule has 1 aliphatic heterocycles. The number of nitrogens with one attached hydrogen (secondary N) is 3. The summed E-state index contributed by atoms with van der Waals surface area (Å²) in [5, 5.41) is 28.5. The van der Waals surface area contributed by atoms with Crippen molar-refractivity contribution in [3.8, 4) is 28.0 Å². The number of amides is 4. The number of aromatic nitrogens is 1. The molecule has 6 rings (SSSR count). The lowest BCUT2D eigenvalue weighted by atomic mass is 9.49. The van der Waals surface area contributed by atoms with Crippen LogP contribution in [0, 0.1) is 34.5 Å². The molecule has 4 N–H and O–H groups in total. The molecule has 1 aromatic heterocycles. The Hall–Kier alpha value is -6.03. The normalized spacial score (nSPS) is 19.8. The fourth-order valence-electron chi connectivity index (χ4n) is 9.60. The Labute approximate surface area is 411 Å². The number of nitriles is 1. The molecular weight excluding hydrogens is 926 g/mol. The molecule has 3 atom stereocenters. The zero-order valence-corrected chi connectivity index (χ0v) is 41.7. The topological polar surface area (TPSA) is 192 Å². The van der Waals surface area contributed by atoms with Gasteiger partial charge in [0.05, 0.1) is 46.0 Å². The molecule has 1 aliphatic carbocycles. The van der Waals surface area contributed by atoms with Crippen molar-refractivity contribution in [3.05, 3.63) is 100 Å². The maximum Gasteiger partial charge on any atom is 0.417 e. The zero-order valence-electron chi connectivity index (χ0n) is 40.9. The van der Waals surface area contributed by atoms with Crippen LogP contribution in [0.15, 0.2) is 72.2 Å². The van der Waals surface area contributed by atoms with Crippen molar-refractivity contribution in [1.29, 1.82) is 5.26 Å². The summed E-state index contributed by atoms with van der Waals surface area (Å²) in [7, 11) is 0. The molecule has 0 spiro atoms. The number of β-amino-alcohol motifs (C(OH)–C–C–N with tert-alkyl or cyclic N) is 1. The Morgan fingerprint density at radius 3 is 2.21 bits per heavy atom. The van der Waals surface area contributed by atoms with E-state index < -0.39 is 69.7 Å². The largest absolute Gasteiger partial charge is 0.494 e. The third-order valence-electron chi connectivity index (χ3n) is 13.0. The van der Waals surface area contributed by atoms with Crippen molar-refractivity contribution in [2.45, 2.75) is 124 Å². The van der Waals surface area contributed by atoms with Crippen LogP contribution in [0.25, 0.3) is 10.4 Å². The molecule has 3 aromatic carbocycles. The fourth-order valence-corrected chi connectivity index (χ4v) is 10.4. The van der Waals surface area contributed by atoms with E-state index in [1.54, 1.807) is 47.2 Å². The van der Waals surface area contributed by atoms with E-state index in [1.807, 2.05) is 79.7 Å². The zero-order chi connectivity index (χ0) is 51.2. The first kappa shape index (κ1) is 53.3. The van der Waals surface area contributed by atoms with Gasteiger partial charge in [-0.2, -0.15) is 18.4 Å². The van der Waals surface area contributed by atoms with E-state index in [2.05, 4.69) is 20.9 Å². The van der Waals surface area contributed by atoms with Gasteiger partial charge >= 0.3 is 6.18 Å². The molecule has 1 unspecified atom stereocenters. The van der Waals surface area contributed by atoms with E-state index in [9.17, 15) is 37.5 Å². The lowest BCUT2D eigenvalue weighted by Gasteiger charge is -2.63. The number of aliphatic hydroxyl groups excluding tert-OH is 1. The molecule has 18 heteroatoms. The standard InChI is InChI=1S/C52H63F3N6O8S/c1-31-42(70-30-58-31)33-14-12-32(13-15-33)27-57-45(65)40-24-36(62)28-61(40)46(66)43(49(2,3)4)59-41(63)29-67-22-10-9-11-23-68-37-19-16-34(17-20-37)44(64)60-47-50(5,6)48(51(47,7)8)69-38-21-18-35(26-56)39(25-38)52(53,54)55/h12-21,25,30,36,40,43,47-48,62H,9-11,22-24,27-29H2,1-8H3,(H,57,65)(H,59,63)(H,60,64)/t36-,40+,43?,47?,48?/m1/s1. The van der Waals surface area contributed by atoms with Gasteiger partial charge in [0.15, 0.2) is 0 Å². The van der Waals surface area contributed by atoms with E-state index in [-0.39, 0.29) is 49.7 Å². The summed E-state index contributed by atoms with van der Waals surface area (Å²) >= 11 is 1.56. The van der Waals surface area contributed by atoms with Crippen LogP contribution in [0.2, 0.25) is 0 Å². The SMILES string of the molecule is Cc1ncsc1-c1ccc(CNC(=O)[C@@H]2C[C@@H](O)CN2C(=O)C(NC(=O)COCCCCCOc2ccc(C(=O)NC3C(C)(C)C(Oc4ccc(C#N)c(C(F)(F)F)c4)C3(C)C)cc2)C(C)(C)C)cc1. The minimum absolute atomic E-state index is 0.00936. The summed E-state index contributed by atoms with van der Waals surface area (Å²) in [4.78, 5) is 60.5. The minimum Gasteiger partial charge on any atom is -0.494 e. The Bertz CT molecular complexity index is 2520. The smallest absolute Gasteiger partial charge is 0.417 e. The highest BCUT2D eigenvalue weighted by atomic mass is 32.1. The summed E-state index contributed by atoms with van der Waals surface area (Å²) in [6.45, 7) is 15.6. The van der Waals surface area contributed by atoms with Gasteiger partial charge in [0.25, 0.3) is 5.91 Å². The molecule has 2 aliphatic rings. The van der Waals surface area contributed by atoms with E-state index in [4.69, 9.17) is 19.5 Å². The van der Waals surface area contributed by atoms with Crippen molar-refractivity contribution in [3.63, 3.8) is 0 Å². The van der Waals surface area contributed by atoms with Crippen molar-refractivity contribution in [1.82, 2.24) is 25.8 Å². The molecule has 2 fully saturated rings. The summed E-state index contributed by atoms with van der Waals surface area (Å²) in [6.07, 6.45) is -3.97. The van der Waals surface area contributed by atoms with Crippen molar-refractivity contribution >= 4 is 35.0 Å². The molecule has 1 saturated heterocycles. The average Bonchev–Trinajstić information content (AvgIpc) is 3.93. The van der Waals surface area contributed by atoms with Crippen LogP contribution in [0.5, 0.6) is 11.5 Å². The van der Waals surface area contributed by atoms with Crippen LogP contribution in [0.3, 0.4) is 0 Å². The number of aryl methyl sites for hydroxylation is 1. The second kappa shape index (κ2) is 21.9. The monoisotopic (exact) mass is 988 g/mol. The minimum atomic E-state index is -4.72. The number of halogens is 3. The summed E-state index contributed by atoms with van der Waals surface area (Å²) in [5.41, 5.74) is 1.51. The summed E-state index contributed by atoms with van der Waals surface area (Å²) in [6, 6.07) is 17.1. The first-order chi connectivity index (χ1) is 32.9. The van der Waals surface area contributed by atoms with Gasteiger partial charge in [0, 0.05) is 48.6 Å². The first-order valence-electron chi connectivity index (χ1n) is 23.4. The molecule has 4 amide bonds. The van der Waals surface area contributed by atoms with Crippen molar-refractivity contribution in [2.75, 3.05) is 26.4 Å². The Morgan fingerprint density at radius 1 is 0.943 bits per heavy atom. The van der Waals surface area contributed by atoms with E-state index in [1.165, 1.54) is 11.0 Å². The van der Waals surface area contributed by atoms with Crippen LogP contribution in [-0.2, 0) is 31.8 Å². The van der Waals surface area contributed by atoms with Crippen LogP contribution in [0.4, 0.5) is 13.2 Å². The maximum atomic E-state index is 14.0. The quantitative estimate of drug-likeness (QED) is 0.0670. The van der Waals surface area contributed by atoms with Crippen LogP contribution in [0.1, 0.15) is 107 Å². The lowest BCUT2D eigenvalue weighted by molar-refractivity contribution is -0.164. The molecule has 14 nitrogen and oxygen atoms in total. The third-order valence-corrected chi connectivity index (χ3v) is 14.0. The van der Waals surface area contributed by atoms with Gasteiger partial charge in [-0.05, 0) is 85.2 Å². The number of unbranched alkanes of at least 4 members (excludes halogenated alkanes) is 2. The van der Waals surface area contributed by atoms with Gasteiger partial charge in [-0.15, -0.1) is 11.3 Å². The highest BCUT2D eigenvalue weighted by Crippen LogP contribution is 2.56. The second-order valence-electron chi connectivity index (χ2n) is 20.3. The van der Waals surface area contributed by atoms with E-state index in [0.29, 0.717) is 37.4 Å². The number of aliphatic hydroxyl groups is 1. The fraction of sp³-hybridized carbons (Fsp3) is 0.500. The number of benzene rings is 3. The lowest BCUT2D eigenvalue weighted by Crippen LogP contribution is -2.74. The van der Waals surface area contributed by atoms with Crippen molar-refractivity contribution < 1.29 is 51.7 Å². The Kier molecular flexibility index (Phi) is 16.7. The second-order valence-corrected chi connectivity index (χ2v) is 21.1. The summed E-state index contributed by atoms with van der Waals surface area (Å²) in [5.74, 6) is -1.07. The van der Waals surface area contributed by atoms with Crippen LogP contribution < -0.4 is 25.4 Å². The Balaban J connectivity index is 0.885. The number of thiazole rings is 1. The van der Waals surface area contributed by atoms with E-state index >= 15 is 0 Å². The van der Waals surface area contributed by atoms with Gasteiger partial charge in [0.1, 0.15) is 36.3 Å². The predicted molar refractivity (Wildman–Crippen MR) is 258 cm³/mol. The number of ether oxygens (including phenoxy) is 3. The van der Waals surface area contributed by atoms with Crippen LogP contribution in [-0.4, -0.2) is 95.3 Å². The molecule has 70 heavy (non-hydrogen) atoms. The van der Waals surface area contributed by atoms with Gasteiger partial charge in [-0.3, -0.25) is 19.2 Å².